The number of morpholine rings is 5. The van der Waals surface area contributed by atoms with Crippen molar-refractivity contribution >= 4 is 119 Å². The molecule has 7 aromatic heterocycles. The first kappa shape index (κ1) is 102. The van der Waals surface area contributed by atoms with Crippen LogP contribution >= 0.6 is 46.4 Å². The molecule has 20 rings (SSSR count). The van der Waals surface area contributed by atoms with Gasteiger partial charge >= 0.3 is 17.9 Å². The van der Waals surface area contributed by atoms with Gasteiger partial charge in [0.15, 0.2) is 28.7 Å². The highest BCUT2D eigenvalue weighted by atomic mass is 35.5. The van der Waals surface area contributed by atoms with Crippen LogP contribution in [0, 0.1) is 6.92 Å². The van der Waals surface area contributed by atoms with Gasteiger partial charge in [0, 0.05) is 176 Å². The van der Waals surface area contributed by atoms with Gasteiger partial charge in [-0.2, -0.15) is 0 Å². The highest BCUT2D eigenvalue weighted by Crippen LogP contribution is 2.47. The topological polar surface area (TPSA) is 300 Å². The van der Waals surface area contributed by atoms with Gasteiger partial charge in [-0.05, 0) is 161 Å². The third kappa shape index (κ3) is 23.7. The average molecular weight is 1980 g/mol. The molecule has 5 unspecified atom stereocenters. The van der Waals surface area contributed by atoms with Gasteiger partial charge in [-0.3, -0.25) is 54.4 Å². The fourth-order valence-corrected chi connectivity index (χ4v) is 18.9. The predicted octanol–water partition coefficient (Wildman–Crippen LogP) is 20.8. The molecule has 5 saturated heterocycles. The number of carbonyl (C=O) groups is 3. The van der Waals surface area contributed by atoms with E-state index in [1.807, 2.05) is 121 Å². The minimum absolute atomic E-state index is 0. The van der Waals surface area contributed by atoms with Crippen molar-refractivity contribution in [2.75, 3.05) is 153 Å². The number of aryl methyl sites for hydroxylation is 1. The largest absolute Gasteiger partial charge is 0.505 e. The third-order valence-electron chi connectivity index (χ3n) is 25.2. The van der Waals surface area contributed by atoms with Crippen LogP contribution in [0.4, 0.5) is 0 Å². The van der Waals surface area contributed by atoms with Crippen molar-refractivity contribution in [2.45, 2.75) is 65.3 Å². The number of aromatic nitrogens is 6. The van der Waals surface area contributed by atoms with Crippen LogP contribution in [0.1, 0.15) is 134 Å². The molecule has 140 heavy (non-hydrogen) atoms. The minimum atomic E-state index is -0.580. The van der Waals surface area contributed by atoms with Gasteiger partial charge in [0.1, 0.15) is 39.1 Å². The number of fused-ring (bicyclic) bond motifs is 5. The molecule has 728 valence electrons. The summed E-state index contributed by atoms with van der Waals surface area (Å²) in [5.41, 5.74) is 10.9. The Bertz CT molecular complexity index is 6730. The summed E-state index contributed by atoms with van der Waals surface area (Å²) in [7, 11) is 4.49. The fraction of sp³-hybridized carbons (Fsp3) is 0.306. The fourth-order valence-electron chi connectivity index (χ4n) is 17.8. The number of phenols is 2. The quantitative estimate of drug-likeness (QED) is 0.0499. The van der Waals surface area contributed by atoms with Gasteiger partial charge in [-0.15, -0.1) is 0 Å². The summed E-state index contributed by atoms with van der Waals surface area (Å²) in [4.78, 5) is 76.8. The van der Waals surface area contributed by atoms with Crippen molar-refractivity contribution in [2.24, 2.45) is 0 Å². The van der Waals surface area contributed by atoms with E-state index in [2.05, 4.69) is 106 Å². The number of benzene rings is 8. The Kier molecular flexibility index (Phi) is 35.3. The van der Waals surface area contributed by atoms with Crippen molar-refractivity contribution in [3.05, 3.63) is 319 Å². The number of nitrogens with zero attached hydrogens (tertiary/aromatic N) is 11. The molecule has 8 aromatic carbocycles. The Morgan fingerprint density at radius 2 is 0.729 bits per heavy atom. The zero-order valence-corrected chi connectivity index (χ0v) is 81.0. The maximum atomic E-state index is 13.4. The molecular formula is C108H111Cl4N11O17. The van der Waals surface area contributed by atoms with Crippen molar-refractivity contribution in [1.82, 2.24) is 54.4 Å². The molecule has 0 bridgehead atoms. The molecule has 12 heterocycles. The SMILES string of the molecule is C.CC(c1cc(Cl)c2cccnc2c1OC(=O)c1ccccc1)N1CCOCC1.CC(c1cc(Cl)c2cccnc2c1OC(=O)c1ccco1)N1CCOCC1.COc1cc(C(=O)Oc2c(C(C)N3CCOCC3)cc(Cl)c3cccnc23)cc(OC)c1OC.Cc1ccc(C(c2cc(Cl)c3cccnc3c2O)N2CCOCC2)cc1.Oc1c(C(c2ccccn2)N2CCOCC2)ccc2cccnc12. The van der Waals surface area contributed by atoms with Gasteiger partial charge in [0.2, 0.25) is 11.5 Å². The number of furan rings is 1. The molecule has 2 N–H and O–H groups in total. The lowest BCUT2D eigenvalue weighted by molar-refractivity contribution is 0.0193. The van der Waals surface area contributed by atoms with Gasteiger partial charge in [-0.1, -0.05) is 126 Å². The standard InChI is InChI=1S/C25H27ClN2O6.C22H21ClN2O3.C21H21ClN2O2.C20H19ClN2O4.C19H19N3O2.CH4/c1-15(28-8-10-33-11-9-28)18-14-19(26)17-6-5-7-27-22(17)23(18)34-25(29)16-12-20(30-2)24(32-4)21(13-16)31-3;1-15(25-10-12-27-13-11-25)18-14-19(23)17-8-5-9-24-20(17)21(18)28-22(26)16-6-3-2-4-7-16;1-14-4-6-15(7-5-14)20(24-9-11-26-12-10-24)17-13-18(22)16-3-2-8-23-19(16)21(17)25;1-13(23-7-10-25-11-8-23)15-12-16(21)14-4-2-6-22-18(14)19(15)27-20(24)17-5-3-9-26-17;23-19-15(7-6-14-4-3-9-21-17(14)19)18(16-5-1-2-8-20-16)22-10-12-24-13-11-22;/h5-7,12-15H,8-11H2,1-4H3;2-9,14-15H,10-13H2,1H3;2-8,13,20,25H,9-12H2,1H3;2-6,9,12-13H,7-8,10-11H2,1H3;1-9,18,23H,10-13H2;1H4. The number of pyridine rings is 6. The number of hydrogen-bond donors (Lipinski definition) is 2. The average Bonchev–Trinajstić information content (AvgIpc) is 0.928. The smallest absolute Gasteiger partial charge is 0.379 e. The van der Waals surface area contributed by atoms with Crippen LogP contribution < -0.4 is 28.4 Å². The van der Waals surface area contributed by atoms with Gasteiger partial charge in [0.05, 0.1) is 143 Å². The zero-order valence-electron chi connectivity index (χ0n) is 78.0. The summed E-state index contributed by atoms with van der Waals surface area (Å²) in [5, 5.41) is 28.1. The Morgan fingerprint density at radius 3 is 1.15 bits per heavy atom. The van der Waals surface area contributed by atoms with Crippen LogP contribution in [0.5, 0.6) is 46.0 Å². The maximum absolute atomic E-state index is 13.4. The molecule has 0 amide bonds. The number of methoxy groups -OCH3 is 3. The molecule has 0 spiro atoms. The van der Waals surface area contributed by atoms with E-state index in [1.165, 1.54) is 33.2 Å². The molecular weight excluding hydrogens is 1870 g/mol. The summed E-state index contributed by atoms with van der Waals surface area (Å²) in [6, 6.07) is 59.3. The molecule has 5 fully saturated rings. The number of rotatable bonds is 21. The molecule has 5 aliphatic heterocycles. The lowest BCUT2D eigenvalue weighted by Crippen LogP contribution is -2.39. The maximum Gasteiger partial charge on any atom is 0.379 e. The van der Waals surface area contributed by atoms with Crippen LogP contribution in [-0.4, -0.2) is 235 Å². The van der Waals surface area contributed by atoms with Crippen LogP contribution in [0.2, 0.25) is 20.1 Å². The number of aromatic hydroxyl groups is 2. The Morgan fingerprint density at radius 1 is 0.350 bits per heavy atom. The normalized spacial score (nSPS) is 16.1. The monoisotopic (exact) mass is 1970 g/mol. The second kappa shape index (κ2) is 48.5. The van der Waals surface area contributed by atoms with Gasteiger partial charge in [0.25, 0.3) is 0 Å². The lowest BCUT2D eigenvalue weighted by Gasteiger charge is -2.35. The summed E-state index contributed by atoms with van der Waals surface area (Å²) < 4.78 is 66.4. The van der Waals surface area contributed by atoms with Crippen molar-refractivity contribution < 1.29 is 81.1 Å². The molecule has 5 aliphatic rings. The van der Waals surface area contributed by atoms with Crippen molar-refractivity contribution in [1.29, 1.82) is 0 Å². The molecule has 5 atom stereocenters. The molecule has 0 aliphatic carbocycles. The van der Waals surface area contributed by atoms with Crippen LogP contribution in [0.25, 0.3) is 54.5 Å². The first-order chi connectivity index (χ1) is 67.8. The number of esters is 3. The molecule has 28 nitrogen and oxygen atoms in total. The second-order valence-electron chi connectivity index (χ2n) is 33.5. The molecule has 32 heteroatoms. The van der Waals surface area contributed by atoms with Crippen LogP contribution in [0.3, 0.4) is 0 Å². The van der Waals surface area contributed by atoms with Crippen molar-refractivity contribution in [3.8, 4) is 46.0 Å². The number of phenolic OH excluding ortho intramolecular Hbond substituents is 2. The zero-order chi connectivity index (χ0) is 97.0. The third-order valence-corrected chi connectivity index (χ3v) is 26.5. The van der Waals surface area contributed by atoms with Crippen molar-refractivity contribution in [3.63, 3.8) is 0 Å². The summed E-state index contributed by atoms with van der Waals surface area (Å²) in [5.74, 6) is 1.36. The highest BCUT2D eigenvalue weighted by molar-refractivity contribution is 6.37. The van der Waals surface area contributed by atoms with E-state index in [1.54, 1.807) is 85.7 Å². The molecule has 15 aromatic rings. The number of ether oxygens (including phenoxy) is 11. The lowest BCUT2D eigenvalue weighted by atomic mass is 9.94. The number of halogens is 4. The van der Waals surface area contributed by atoms with E-state index in [0.29, 0.717) is 159 Å². The first-order valence-electron chi connectivity index (χ1n) is 45.9. The van der Waals surface area contributed by atoms with Gasteiger partial charge in [-0.25, -0.2) is 14.4 Å². The highest BCUT2D eigenvalue weighted by Gasteiger charge is 2.35. The van der Waals surface area contributed by atoms with Gasteiger partial charge < -0.3 is 66.7 Å². The summed E-state index contributed by atoms with van der Waals surface area (Å²) in [6.07, 6.45) is 11.6. The van der Waals surface area contributed by atoms with E-state index in [9.17, 15) is 24.6 Å². The Balaban J connectivity index is 0.000000133. The number of carbonyl (C=O) groups excluding carboxylic acids is 3. The van der Waals surface area contributed by atoms with Crippen LogP contribution in [-0.2, 0) is 23.7 Å². The first-order valence-corrected chi connectivity index (χ1v) is 47.4. The Hall–Kier alpha value is -12.6. The second-order valence-corrected chi connectivity index (χ2v) is 35.1. The molecule has 0 radical (unpaired) electrons. The Labute approximate surface area is 832 Å². The van der Waals surface area contributed by atoms with E-state index >= 15 is 0 Å². The van der Waals surface area contributed by atoms with E-state index in [4.69, 9.17) is 103 Å². The predicted molar refractivity (Wildman–Crippen MR) is 541 cm³/mol. The minimum Gasteiger partial charge on any atom is -0.505 e. The van der Waals surface area contributed by atoms with E-state index in [-0.39, 0.29) is 60.5 Å². The number of hydrogen-bond acceptors (Lipinski definition) is 28. The van der Waals surface area contributed by atoms with E-state index < -0.39 is 17.9 Å². The summed E-state index contributed by atoms with van der Waals surface area (Å²) in [6.45, 7) is 23.0. The molecule has 0 saturated carbocycles. The van der Waals surface area contributed by atoms with E-state index in [0.717, 1.165) is 126 Å². The summed E-state index contributed by atoms with van der Waals surface area (Å²) >= 11 is 26.2. The van der Waals surface area contributed by atoms with Crippen LogP contribution in [0.15, 0.2) is 242 Å².